The van der Waals surface area contributed by atoms with Gasteiger partial charge in [0.25, 0.3) is 0 Å². The van der Waals surface area contributed by atoms with Gasteiger partial charge in [0.2, 0.25) is 5.91 Å². The Morgan fingerprint density at radius 3 is 2.38 bits per heavy atom. The summed E-state index contributed by atoms with van der Waals surface area (Å²) in [5.41, 5.74) is 0. The normalized spacial score (nSPS) is 10.1. The molecular weight excluding hydrogens is 218 g/mol. The number of carbonyl (C=O) groups is 1. The Labute approximate surface area is 102 Å². The first-order valence-electron chi connectivity index (χ1n) is 5.73. The first-order valence-corrected chi connectivity index (χ1v) is 6.72. The number of benzene rings is 1. The smallest absolute Gasteiger partial charge is 0.223 e. The Morgan fingerprint density at radius 1 is 1.19 bits per heavy atom. The topological polar surface area (TPSA) is 20.3 Å². The lowest BCUT2D eigenvalue weighted by Crippen LogP contribution is -2.30. The zero-order valence-corrected chi connectivity index (χ0v) is 10.8. The molecule has 1 rings (SSSR count). The van der Waals surface area contributed by atoms with E-state index in [1.165, 1.54) is 4.90 Å². The Bertz CT molecular complexity index is 309. The lowest BCUT2D eigenvalue weighted by molar-refractivity contribution is -0.130. The van der Waals surface area contributed by atoms with Crippen molar-refractivity contribution in [2.75, 3.05) is 18.8 Å². The summed E-state index contributed by atoms with van der Waals surface area (Å²) in [4.78, 5) is 14.8. The van der Waals surface area contributed by atoms with Crippen LogP contribution in [-0.2, 0) is 4.79 Å². The Hall–Kier alpha value is -0.960. The monoisotopic (exact) mass is 237 g/mol. The number of rotatable bonds is 6. The van der Waals surface area contributed by atoms with E-state index in [-0.39, 0.29) is 5.91 Å². The fourth-order valence-electron chi connectivity index (χ4n) is 1.51. The highest BCUT2D eigenvalue weighted by molar-refractivity contribution is 7.99. The summed E-state index contributed by atoms with van der Waals surface area (Å²) in [5, 5.41) is 0. The summed E-state index contributed by atoms with van der Waals surface area (Å²) < 4.78 is 0. The fourth-order valence-corrected chi connectivity index (χ4v) is 2.37. The van der Waals surface area contributed by atoms with Crippen molar-refractivity contribution >= 4 is 17.7 Å². The van der Waals surface area contributed by atoms with Crippen LogP contribution in [0.5, 0.6) is 0 Å². The molecule has 0 N–H and O–H groups in total. The van der Waals surface area contributed by atoms with Crippen LogP contribution in [0.4, 0.5) is 0 Å². The van der Waals surface area contributed by atoms with E-state index in [2.05, 4.69) is 12.1 Å². The lowest BCUT2D eigenvalue weighted by Gasteiger charge is -2.18. The van der Waals surface area contributed by atoms with Crippen molar-refractivity contribution in [3.05, 3.63) is 30.3 Å². The highest BCUT2D eigenvalue weighted by atomic mass is 32.2. The van der Waals surface area contributed by atoms with Gasteiger partial charge in [-0.05, 0) is 26.0 Å². The highest BCUT2D eigenvalue weighted by Crippen LogP contribution is 2.17. The molecule has 2 nitrogen and oxygen atoms in total. The molecule has 0 saturated carbocycles. The van der Waals surface area contributed by atoms with Crippen LogP contribution in [0.25, 0.3) is 0 Å². The van der Waals surface area contributed by atoms with Crippen LogP contribution >= 0.6 is 11.8 Å². The highest BCUT2D eigenvalue weighted by Gasteiger charge is 2.08. The molecule has 88 valence electrons. The van der Waals surface area contributed by atoms with Crippen molar-refractivity contribution in [1.82, 2.24) is 4.90 Å². The van der Waals surface area contributed by atoms with Crippen LogP contribution in [0.3, 0.4) is 0 Å². The maximum Gasteiger partial charge on any atom is 0.223 e. The van der Waals surface area contributed by atoms with Gasteiger partial charge in [0.15, 0.2) is 0 Å². The van der Waals surface area contributed by atoms with Crippen molar-refractivity contribution in [2.24, 2.45) is 0 Å². The minimum Gasteiger partial charge on any atom is -0.343 e. The molecule has 1 amide bonds. The van der Waals surface area contributed by atoms with Gasteiger partial charge in [0, 0.05) is 30.2 Å². The molecule has 1 aromatic carbocycles. The molecule has 0 aliphatic carbocycles. The average Bonchev–Trinajstić information content (AvgIpc) is 2.32. The minimum absolute atomic E-state index is 0.258. The number of amides is 1. The molecule has 0 atom stereocenters. The molecule has 0 radical (unpaired) electrons. The molecule has 0 unspecified atom stereocenters. The predicted molar refractivity (Wildman–Crippen MR) is 69.7 cm³/mol. The summed E-state index contributed by atoms with van der Waals surface area (Å²) >= 11 is 1.74. The average molecular weight is 237 g/mol. The summed E-state index contributed by atoms with van der Waals surface area (Å²) in [5.74, 6) is 1.12. The zero-order chi connectivity index (χ0) is 11.8. The van der Waals surface area contributed by atoms with E-state index in [0.717, 1.165) is 18.8 Å². The van der Waals surface area contributed by atoms with Crippen molar-refractivity contribution in [2.45, 2.75) is 25.2 Å². The summed E-state index contributed by atoms with van der Waals surface area (Å²) in [6.45, 7) is 5.66. The molecular formula is C13H19NOS. The van der Waals surface area contributed by atoms with Crippen LogP contribution in [0.15, 0.2) is 35.2 Å². The molecule has 3 heteroatoms. The van der Waals surface area contributed by atoms with E-state index in [1.807, 2.05) is 36.9 Å². The van der Waals surface area contributed by atoms with Crippen LogP contribution in [-0.4, -0.2) is 29.6 Å². The second kappa shape index (κ2) is 7.34. The van der Waals surface area contributed by atoms with Crippen LogP contribution in [0.1, 0.15) is 20.3 Å². The van der Waals surface area contributed by atoms with E-state index in [1.54, 1.807) is 11.8 Å². The third-order valence-electron chi connectivity index (χ3n) is 2.44. The maximum absolute atomic E-state index is 11.7. The van der Waals surface area contributed by atoms with E-state index < -0.39 is 0 Å². The number of hydrogen-bond donors (Lipinski definition) is 0. The van der Waals surface area contributed by atoms with Crippen LogP contribution < -0.4 is 0 Å². The van der Waals surface area contributed by atoms with E-state index in [0.29, 0.717) is 6.42 Å². The van der Waals surface area contributed by atoms with Crippen molar-refractivity contribution in [3.8, 4) is 0 Å². The molecule has 0 aliphatic heterocycles. The van der Waals surface area contributed by atoms with Gasteiger partial charge in [0.05, 0.1) is 0 Å². The second-order valence-corrected chi connectivity index (χ2v) is 4.65. The minimum atomic E-state index is 0.258. The van der Waals surface area contributed by atoms with Gasteiger partial charge in [-0.25, -0.2) is 0 Å². The molecule has 0 spiro atoms. The standard InChI is InChI=1S/C13H19NOS/c1-3-14(4-2)13(15)10-11-16-12-8-6-5-7-9-12/h5-9H,3-4,10-11H2,1-2H3. The fraction of sp³-hybridized carbons (Fsp3) is 0.462. The Kier molecular flexibility index (Phi) is 6.01. The number of nitrogens with zero attached hydrogens (tertiary/aromatic N) is 1. The lowest BCUT2D eigenvalue weighted by atomic mass is 10.4. The van der Waals surface area contributed by atoms with Gasteiger partial charge in [-0.3, -0.25) is 4.79 Å². The molecule has 0 heterocycles. The van der Waals surface area contributed by atoms with Crippen LogP contribution in [0.2, 0.25) is 0 Å². The number of thioether (sulfide) groups is 1. The Balaban J connectivity index is 2.28. The summed E-state index contributed by atoms with van der Waals surface area (Å²) in [6, 6.07) is 10.2. The molecule has 1 aromatic rings. The van der Waals surface area contributed by atoms with E-state index in [4.69, 9.17) is 0 Å². The van der Waals surface area contributed by atoms with Gasteiger partial charge >= 0.3 is 0 Å². The van der Waals surface area contributed by atoms with Gasteiger partial charge in [-0.1, -0.05) is 18.2 Å². The first-order chi connectivity index (χ1) is 7.77. The largest absolute Gasteiger partial charge is 0.343 e. The van der Waals surface area contributed by atoms with Crippen LogP contribution in [0, 0.1) is 0 Å². The van der Waals surface area contributed by atoms with E-state index in [9.17, 15) is 4.79 Å². The number of carbonyl (C=O) groups excluding carboxylic acids is 1. The maximum atomic E-state index is 11.7. The molecule has 0 fully saturated rings. The SMILES string of the molecule is CCN(CC)C(=O)CCSc1ccccc1. The third kappa shape index (κ3) is 4.27. The Morgan fingerprint density at radius 2 is 1.81 bits per heavy atom. The second-order valence-electron chi connectivity index (χ2n) is 3.48. The van der Waals surface area contributed by atoms with Gasteiger partial charge in [-0.15, -0.1) is 11.8 Å². The predicted octanol–water partition coefficient (Wildman–Crippen LogP) is 3.04. The molecule has 0 bridgehead atoms. The molecule has 0 aliphatic rings. The zero-order valence-electron chi connectivity index (χ0n) is 9.98. The van der Waals surface area contributed by atoms with Crippen molar-refractivity contribution in [3.63, 3.8) is 0 Å². The molecule has 0 aromatic heterocycles. The quantitative estimate of drug-likeness (QED) is 0.709. The first kappa shape index (κ1) is 13.1. The summed E-state index contributed by atoms with van der Waals surface area (Å²) in [7, 11) is 0. The molecule has 16 heavy (non-hydrogen) atoms. The number of hydrogen-bond acceptors (Lipinski definition) is 2. The molecule has 0 saturated heterocycles. The van der Waals surface area contributed by atoms with Gasteiger partial charge in [0.1, 0.15) is 0 Å². The summed E-state index contributed by atoms with van der Waals surface area (Å²) in [6.07, 6.45) is 0.626. The van der Waals surface area contributed by atoms with Crippen molar-refractivity contribution < 1.29 is 4.79 Å². The van der Waals surface area contributed by atoms with Gasteiger partial charge in [-0.2, -0.15) is 0 Å². The third-order valence-corrected chi connectivity index (χ3v) is 3.46. The van der Waals surface area contributed by atoms with Gasteiger partial charge < -0.3 is 4.90 Å². The van der Waals surface area contributed by atoms with Crippen molar-refractivity contribution in [1.29, 1.82) is 0 Å². The van der Waals surface area contributed by atoms with E-state index >= 15 is 0 Å².